The molecule has 1 N–H and O–H groups in total. The fourth-order valence-corrected chi connectivity index (χ4v) is 3.87. The number of hydrogen-bond donors (Lipinski definition) is 1. The Bertz CT molecular complexity index is 1190. The molecule has 0 unspecified atom stereocenters. The Kier molecular flexibility index (Phi) is 6.20. The number of anilines is 2. The van der Waals surface area contributed by atoms with Gasteiger partial charge in [-0.3, -0.25) is 14.5 Å². The molecule has 9 heteroatoms. The average molecular weight is 453 g/mol. The lowest BCUT2D eigenvalue weighted by molar-refractivity contribution is -0.114. The lowest BCUT2D eigenvalue weighted by Crippen LogP contribution is -2.31. The minimum atomic E-state index is -0.291. The molecule has 1 aliphatic heterocycles. The second-order valence-electron chi connectivity index (χ2n) is 6.58. The lowest BCUT2D eigenvalue weighted by Gasteiger charge is -2.17. The maximum absolute atomic E-state index is 13.1. The van der Waals surface area contributed by atoms with E-state index in [1.54, 1.807) is 25.1 Å². The monoisotopic (exact) mass is 452 g/mol. The molecule has 1 aliphatic rings. The Morgan fingerprint density at radius 2 is 1.94 bits per heavy atom. The number of hydrogen-bond acceptors (Lipinski definition) is 6. The van der Waals surface area contributed by atoms with Crippen molar-refractivity contribution in [2.45, 2.75) is 6.92 Å². The van der Waals surface area contributed by atoms with Crippen LogP contribution in [0.2, 0.25) is 5.02 Å². The number of thioether (sulfide) groups is 1. The third-order valence-electron chi connectivity index (χ3n) is 4.27. The second-order valence-corrected chi connectivity index (χ2v) is 7.93. The van der Waals surface area contributed by atoms with Crippen molar-refractivity contribution in [1.29, 1.82) is 0 Å². The van der Waals surface area contributed by atoms with Crippen LogP contribution in [0.5, 0.6) is 0 Å². The molecule has 3 aromatic rings. The summed E-state index contributed by atoms with van der Waals surface area (Å²) < 4.78 is 4.95. The Hall–Kier alpha value is -3.36. The van der Waals surface area contributed by atoms with E-state index in [2.05, 4.69) is 15.5 Å². The number of nitrogens with zero attached hydrogens (tertiary/aromatic N) is 3. The number of aliphatic imine (C=N–C) groups is 1. The Labute approximate surface area is 187 Å². The highest BCUT2D eigenvalue weighted by atomic mass is 35.5. The molecule has 4 rings (SSSR count). The zero-order valence-corrected chi connectivity index (χ0v) is 18.0. The van der Waals surface area contributed by atoms with Crippen molar-refractivity contribution < 1.29 is 14.1 Å². The van der Waals surface area contributed by atoms with Gasteiger partial charge in [0.1, 0.15) is 11.5 Å². The number of aryl methyl sites for hydroxylation is 1. The van der Waals surface area contributed by atoms with Crippen LogP contribution in [-0.2, 0) is 9.59 Å². The number of carbonyl (C=O) groups excluding carboxylic acids is 2. The van der Waals surface area contributed by atoms with Crippen LogP contribution < -0.4 is 10.2 Å². The third kappa shape index (κ3) is 4.87. The maximum Gasteiger partial charge on any atom is 0.283 e. The van der Waals surface area contributed by atoms with E-state index < -0.39 is 0 Å². The molecule has 0 saturated carbocycles. The number of amidine groups is 1. The molecule has 1 aromatic heterocycles. The minimum absolute atomic E-state index is 0.0424. The van der Waals surface area contributed by atoms with E-state index in [0.29, 0.717) is 33.0 Å². The molecule has 0 saturated heterocycles. The van der Waals surface area contributed by atoms with Gasteiger partial charge >= 0.3 is 0 Å². The van der Waals surface area contributed by atoms with Crippen LogP contribution in [0.25, 0.3) is 6.08 Å². The molecule has 2 aromatic carbocycles. The van der Waals surface area contributed by atoms with Gasteiger partial charge in [-0.15, -0.1) is 0 Å². The van der Waals surface area contributed by atoms with Crippen LogP contribution in [0.3, 0.4) is 0 Å². The van der Waals surface area contributed by atoms with E-state index in [4.69, 9.17) is 16.1 Å². The van der Waals surface area contributed by atoms with Crippen LogP contribution >= 0.6 is 23.4 Å². The quantitative estimate of drug-likeness (QED) is 0.564. The largest absolute Gasteiger partial charge is 0.360 e. The van der Waals surface area contributed by atoms with E-state index in [1.807, 2.05) is 48.5 Å². The van der Waals surface area contributed by atoms with Crippen LogP contribution in [0.1, 0.15) is 11.3 Å². The fraction of sp³-hybridized carbons (Fsp3) is 0.0909. The predicted octanol–water partition coefficient (Wildman–Crippen LogP) is 4.75. The molecule has 0 fully saturated rings. The van der Waals surface area contributed by atoms with E-state index in [9.17, 15) is 9.59 Å². The third-order valence-corrected chi connectivity index (χ3v) is 5.55. The van der Waals surface area contributed by atoms with Gasteiger partial charge < -0.3 is 9.84 Å². The van der Waals surface area contributed by atoms with Crippen LogP contribution in [0.15, 0.2) is 75.9 Å². The van der Waals surface area contributed by atoms with Crippen molar-refractivity contribution >= 4 is 57.9 Å². The first kappa shape index (κ1) is 20.9. The van der Waals surface area contributed by atoms with Crippen molar-refractivity contribution in [1.82, 2.24) is 5.16 Å². The van der Waals surface area contributed by atoms with Gasteiger partial charge in [0.2, 0.25) is 5.91 Å². The average Bonchev–Trinajstić information content (AvgIpc) is 3.31. The molecule has 31 heavy (non-hydrogen) atoms. The zero-order chi connectivity index (χ0) is 21.8. The molecule has 7 nitrogen and oxygen atoms in total. The summed E-state index contributed by atoms with van der Waals surface area (Å²) in [5.41, 5.74) is 1.59. The highest BCUT2D eigenvalue weighted by Gasteiger charge is 2.32. The molecular weight excluding hydrogens is 436 g/mol. The second kappa shape index (κ2) is 9.20. The van der Waals surface area contributed by atoms with Gasteiger partial charge in [0.25, 0.3) is 5.91 Å². The summed E-state index contributed by atoms with van der Waals surface area (Å²) in [5.74, 6) is 0.400. The Morgan fingerprint density at radius 3 is 2.65 bits per heavy atom. The molecule has 2 heterocycles. The lowest BCUT2D eigenvalue weighted by atomic mass is 10.2. The Morgan fingerprint density at radius 1 is 1.19 bits per heavy atom. The van der Waals surface area contributed by atoms with Crippen molar-refractivity contribution in [2.24, 2.45) is 4.99 Å². The molecule has 0 aliphatic carbocycles. The summed E-state index contributed by atoms with van der Waals surface area (Å²) in [6, 6.07) is 18.0. The van der Waals surface area contributed by atoms with Crippen LogP contribution in [0.4, 0.5) is 11.5 Å². The van der Waals surface area contributed by atoms with E-state index in [1.165, 1.54) is 4.90 Å². The highest BCUT2D eigenvalue weighted by molar-refractivity contribution is 8.14. The standard InChI is InChI=1S/C22H17ClN4O3S/c1-14-11-19(26-30-14)25-20(28)13-31-22-24-18(12-15-7-5-6-10-17(15)23)21(29)27(22)16-8-3-2-4-9-16/h2-12H,13H2,1H3,(H,25,26,28)/b18-12-. The molecule has 0 spiro atoms. The van der Waals surface area contributed by atoms with E-state index in [0.717, 1.165) is 11.8 Å². The van der Waals surface area contributed by atoms with E-state index in [-0.39, 0.29) is 23.3 Å². The number of halogens is 1. The number of benzene rings is 2. The number of rotatable bonds is 5. The molecule has 0 bridgehead atoms. The first-order valence-electron chi connectivity index (χ1n) is 9.31. The van der Waals surface area contributed by atoms with Crippen molar-refractivity contribution in [3.63, 3.8) is 0 Å². The number of aromatic nitrogens is 1. The van der Waals surface area contributed by atoms with Crippen molar-refractivity contribution in [3.05, 3.63) is 82.7 Å². The molecule has 0 atom stereocenters. The fourth-order valence-electron chi connectivity index (χ4n) is 2.87. The van der Waals surface area contributed by atoms with Gasteiger partial charge in [-0.2, -0.15) is 0 Å². The summed E-state index contributed by atoms with van der Waals surface area (Å²) in [6.07, 6.45) is 1.65. The molecule has 0 radical (unpaired) electrons. The number of nitrogens with one attached hydrogen (secondary N) is 1. The summed E-state index contributed by atoms with van der Waals surface area (Å²) >= 11 is 7.39. The summed E-state index contributed by atoms with van der Waals surface area (Å²) in [5, 5.41) is 7.33. The molecular formula is C22H17ClN4O3S. The highest BCUT2D eigenvalue weighted by Crippen LogP contribution is 2.30. The molecule has 156 valence electrons. The first-order chi connectivity index (χ1) is 15.0. The van der Waals surface area contributed by atoms with Gasteiger partial charge in [-0.25, -0.2) is 4.99 Å². The zero-order valence-electron chi connectivity index (χ0n) is 16.4. The number of carbonyl (C=O) groups is 2. The topological polar surface area (TPSA) is 87.8 Å². The summed E-state index contributed by atoms with van der Waals surface area (Å²) in [4.78, 5) is 31.4. The van der Waals surface area contributed by atoms with Crippen molar-refractivity contribution in [2.75, 3.05) is 16.0 Å². The summed E-state index contributed by atoms with van der Waals surface area (Å²) in [6.45, 7) is 1.74. The normalized spacial score (nSPS) is 14.8. The van der Waals surface area contributed by atoms with E-state index >= 15 is 0 Å². The van der Waals surface area contributed by atoms with Gasteiger partial charge in [-0.05, 0) is 36.8 Å². The van der Waals surface area contributed by atoms with Gasteiger partial charge in [0.05, 0.1) is 11.4 Å². The maximum atomic E-state index is 13.1. The smallest absolute Gasteiger partial charge is 0.283 e. The molecule has 2 amide bonds. The van der Waals surface area contributed by atoms with Crippen LogP contribution in [0, 0.1) is 6.92 Å². The first-order valence-corrected chi connectivity index (χ1v) is 10.7. The number of para-hydroxylation sites is 1. The van der Waals surface area contributed by atoms with Gasteiger partial charge in [0.15, 0.2) is 11.0 Å². The summed E-state index contributed by atoms with van der Waals surface area (Å²) in [7, 11) is 0. The number of amides is 2. The van der Waals surface area contributed by atoms with Crippen molar-refractivity contribution in [3.8, 4) is 0 Å². The Balaban J connectivity index is 1.57. The SMILES string of the molecule is Cc1cc(NC(=O)CSC2=N/C(=C\c3ccccc3Cl)C(=O)N2c2ccccc2)no1. The predicted molar refractivity (Wildman–Crippen MR) is 123 cm³/mol. The minimum Gasteiger partial charge on any atom is -0.360 e. The van der Waals surface area contributed by atoms with Gasteiger partial charge in [0, 0.05) is 11.1 Å². The van der Waals surface area contributed by atoms with Crippen LogP contribution in [-0.4, -0.2) is 27.9 Å². The van der Waals surface area contributed by atoms with Gasteiger partial charge in [-0.1, -0.05) is 64.9 Å².